The summed E-state index contributed by atoms with van der Waals surface area (Å²) in [6, 6.07) is 6.45. The molecule has 2 N–H and O–H groups in total. The second-order valence-electron chi connectivity index (χ2n) is 5.35. The second-order valence-corrected chi connectivity index (χ2v) is 7.03. The normalized spacial score (nSPS) is 20.0. The number of aliphatic hydroxyl groups is 1. The van der Waals surface area contributed by atoms with Crippen molar-refractivity contribution in [3.05, 3.63) is 24.3 Å². The fraction of sp³-hybridized carbons (Fsp3) is 0.571. The van der Waals surface area contributed by atoms with Crippen molar-refractivity contribution in [1.82, 2.24) is 4.72 Å². The van der Waals surface area contributed by atoms with E-state index in [0.717, 1.165) is 0 Å². The first-order chi connectivity index (χ1) is 9.95. The van der Waals surface area contributed by atoms with E-state index in [0.29, 0.717) is 25.4 Å². The van der Waals surface area contributed by atoms with Crippen LogP contribution < -0.4 is 9.62 Å². The number of hydrogen-bond acceptors (Lipinski definition) is 5. The van der Waals surface area contributed by atoms with Crippen molar-refractivity contribution in [3.63, 3.8) is 0 Å². The van der Waals surface area contributed by atoms with Crippen LogP contribution in [0.25, 0.3) is 0 Å². The molecule has 0 saturated carbocycles. The van der Waals surface area contributed by atoms with Crippen LogP contribution in [0, 0.1) is 0 Å². The van der Waals surface area contributed by atoms with Crippen molar-refractivity contribution in [2.45, 2.75) is 30.8 Å². The quantitative estimate of drug-likeness (QED) is 0.831. The maximum atomic E-state index is 12.5. The van der Waals surface area contributed by atoms with Crippen LogP contribution in [0.1, 0.15) is 13.8 Å². The van der Waals surface area contributed by atoms with E-state index in [1.54, 1.807) is 38.1 Å². The maximum Gasteiger partial charge on any atom is 0.242 e. The van der Waals surface area contributed by atoms with Gasteiger partial charge in [-0.05, 0) is 26.0 Å². The van der Waals surface area contributed by atoms with E-state index < -0.39 is 10.0 Å². The predicted octanol–water partition coefficient (Wildman–Crippen LogP) is 0.571. The number of anilines is 1. The molecule has 0 amide bonds. The predicted molar refractivity (Wildman–Crippen MR) is 80.9 cm³/mol. The van der Waals surface area contributed by atoms with Crippen LogP contribution in [0.2, 0.25) is 0 Å². The first-order valence-corrected chi connectivity index (χ1v) is 8.50. The lowest BCUT2D eigenvalue weighted by atomic mass is 10.2. The van der Waals surface area contributed by atoms with E-state index in [9.17, 15) is 13.5 Å². The third-order valence-electron chi connectivity index (χ3n) is 3.29. The number of para-hydroxylation sites is 1. The molecule has 0 radical (unpaired) electrons. The average molecular weight is 314 g/mol. The minimum atomic E-state index is -3.59. The molecule has 21 heavy (non-hydrogen) atoms. The summed E-state index contributed by atoms with van der Waals surface area (Å²) in [6.45, 7) is 4.95. The Balaban J connectivity index is 2.41. The zero-order valence-corrected chi connectivity index (χ0v) is 13.1. The van der Waals surface area contributed by atoms with Crippen LogP contribution in [-0.4, -0.2) is 52.0 Å². The summed E-state index contributed by atoms with van der Waals surface area (Å²) in [5, 5.41) is 9.48. The van der Waals surface area contributed by atoms with Crippen molar-refractivity contribution in [2.75, 3.05) is 31.3 Å². The van der Waals surface area contributed by atoms with E-state index in [2.05, 4.69) is 4.72 Å². The van der Waals surface area contributed by atoms with E-state index in [-0.39, 0.29) is 23.6 Å². The Morgan fingerprint density at radius 3 is 2.81 bits per heavy atom. The molecule has 1 atom stereocenters. The fourth-order valence-corrected chi connectivity index (χ4v) is 3.88. The first-order valence-electron chi connectivity index (χ1n) is 7.02. The van der Waals surface area contributed by atoms with Crippen LogP contribution in [-0.2, 0) is 14.8 Å². The highest BCUT2D eigenvalue weighted by Gasteiger charge is 2.28. The van der Waals surface area contributed by atoms with Crippen LogP contribution >= 0.6 is 0 Å². The Hall–Kier alpha value is -1.15. The molecular weight excluding hydrogens is 292 g/mol. The fourth-order valence-electron chi connectivity index (χ4n) is 2.42. The maximum absolute atomic E-state index is 12.5. The summed E-state index contributed by atoms with van der Waals surface area (Å²) in [6.07, 6.45) is 0. The smallest absolute Gasteiger partial charge is 0.242 e. The molecule has 2 rings (SSSR count). The molecule has 0 bridgehead atoms. The average Bonchev–Trinajstić information content (AvgIpc) is 2.46. The molecule has 1 saturated heterocycles. The number of rotatable bonds is 5. The van der Waals surface area contributed by atoms with Gasteiger partial charge in [0.25, 0.3) is 0 Å². The van der Waals surface area contributed by atoms with Gasteiger partial charge in [0.2, 0.25) is 10.0 Å². The monoisotopic (exact) mass is 314 g/mol. The topological polar surface area (TPSA) is 78.9 Å². The first kappa shape index (κ1) is 16.2. The van der Waals surface area contributed by atoms with E-state index >= 15 is 0 Å². The third kappa shape index (κ3) is 3.74. The molecule has 1 aliphatic rings. The Labute approximate surface area is 125 Å². The lowest BCUT2D eigenvalue weighted by Gasteiger charge is -2.37. The van der Waals surface area contributed by atoms with Gasteiger partial charge in [-0.15, -0.1) is 0 Å². The Morgan fingerprint density at radius 2 is 2.14 bits per heavy atom. The summed E-state index contributed by atoms with van der Waals surface area (Å²) in [5.74, 6) is 0. The van der Waals surface area contributed by atoms with E-state index in [4.69, 9.17) is 4.74 Å². The summed E-state index contributed by atoms with van der Waals surface area (Å²) < 4.78 is 32.9. The van der Waals surface area contributed by atoms with Crippen molar-refractivity contribution in [2.24, 2.45) is 0 Å². The zero-order chi connectivity index (χ0) is 15.5. The van der Waals surface area contributed by atoms with Crippen LogP contribution in [0.4, 0.5) is 5.69 Å². The summed E-state index contributed by atoms with van der Waals surface area (Å²) in [5.41, 5.74) is 0.605. The minimum absolute atomic E-state index is 0.0774. The molecule has 0 spiro atoms. The molecule has 6 nitrogen and oxygen atoms in total. The van der Waals surface area contributed by atoms with Crippen molar-refractivity contribution >= 4 is 15.7 Å². The highest BCUT2D eigenvalue weighted by Crippen LogP contribution is 2.28. The van der Waals surface area contributed by atoms with Crippen LogP contribution in [0.15, 0.2) is 29.2 Å². The van der Waals surface area contributed by atoms with E-state index in [1.165, 1.54) is 0 Å². The standard InChI is InChI=1S/C14H22N2O4S/c1-11(2)15-21(18,19)14-6-4-3-5-13(14)16-7-8-20-10-12(16)9-17/h3-6,11-12,15,17H,7-10H2,1-2H3. The van der Waals surface area contributed by atoms with Gasteiger partial charge in [-0.25, -0.2) is 13.1 Å². The van der Waals surface area contributed by atoms with Crippen LogP contribution in [0.5, 0.6) is 0 Å². The van der Waals surface area contributed by atoms with E-state index in [1.807, 2.05) is 4.90 Å². The molecule has 1 unspecified atom stereocenters. The van der Waals surface area contributed by atoms with Crippen molar-refractivity contribution in [1.29, 1.82) is 0 Å². The number of benzene rings is 1. The third-order valence-corrected chi connectivity index (χ3v) is 5.00. The van der Waals surface area contributed by atoms with Gasteiger partial charge < -0.3 is 14.7 Å². The summed E-state index contributed by atoms with van der Waals surface area (Å²) >= 11 is 0. The van der Waals surface area contributed by atoms with Gasteiger partial charge in [-0.2, -0.15) is 0 Å². The molecule has 1 heterocycles. The molecule has 1 aromatic rings. The molecule has 1 aliphatic heterocycles. The SMILES string of the molecule is CC(C)NS(=O)(=O)c1ccccc1N1CCOCC1CO. The molecular formula is C14H22N2O4S. The second kappa shape index (κ2) is 6.74. The molecule has 118 valence electrons. The highest BCUT2D eigenvalue weighted by atomic mass is 32.2. The number of aliphatic hydroxyl groups excluding tert-OH is 1. The summed E-state index contributed by atoms with van der Waals surface area (Å²) in [4.78, 5) is 2.14. The number of hydrogen-bond donors (Lipinski definition) is 2. The van der Waals surface area contributed by atoms with Gasteiger partial charge in [0, 0.05) is 12.6 Å². The number of sulfonamides is 1. The van der Waals surface area contributed by atoms with Crippen molar-refractivity contribution in [3.8, 4) is 0 Å². The number of nitrogens with one attached hydrogen (secondary N) is 1. The molecule has 1 aromatic carbocycles. The molecule has 0 aromatic heterocycles. The Bertz CT molecular complexity index is 574. The van der Waals surface area contributed by atoms with Crippen molar-refractivity contribution < 1.29 is 18.3 Å². The molecule has 7 heteroatoms. The lowest BCUT2D eigenvalue weighted by Crippen LogP contribution is -2.48. The Kier molecular flexibility index (Phi) is 5.21. The van der Waals surface area contributed by atoms with Gasteiger partial charge >= 0.3 is 0 Å². The largest absolute Gasteiger partial charge is 0.394 e. The molecule has 0 aliphatic carbocycles. The Morgan fingerprint density at radius 1 is 1.43 bits per heavy atom. The minimum Gasteiger partial charge on any atom is -0.394 e. The van der Waals surface area contributed by atoms with Crippen LogP contribution in [0.3, 0.4) is 0 Å². The summed E-state index contributed by atoms with van der Waals surface area (Å²) in [7, 11) is -3.59. The number of nitrogens with zero attached hydrogens (tertiary/aromatic N) is 1. The number of morpholine rings is 1. The van der Waals surface area contributed by atoms with Gasteiger partial charge in [0.15, 0.2) is 0 Å². The van der Waals surface area contributed by atoms with Gasteiger partial charge in [-0.3, -0.25) is 0 Å². The number of ether oxygens (including phenoxy) is 1. The van der Waals surface area contributed by atoms with Gasteiger partial charge in [0.05, 0.1) is 31.5 Å². The molecule has 1 fully saturated rings. The van der Waals surface area contributed by atoms with Gasteiger partial charge in [-0.1, -0.05) is 12.1 Å². The van der Waals surface area contributed by atoms with Gasteiger partial charge in [0.1, 0.15) is 4.90 Å². The lowest BCUT2D eigenvalue weighted by molar-refractivity contribution is 0.0724. The highest BCUT2D eigenvalue weighted by molar-refractivity contribution is 7.89. The zero-order valence-electron chi connectivity index (χ0n) is 12.3.